The quantitative estimate of drug-likeness (QED) is 0.578. The molecule has 7 heteroatoms. The van der Waals surface area contributed by atoms with Gasteiger partial charge in [0.2, 0.25) is 0 Å². The summed E-state index contributed by atoms with van der Waals surface area (Å²) < 4.78 is 5.84. The predicted octanol–water partition coefficient (Wildman–Crippen LogP) is 2.41. The van der Waals surface area contributed by atoms with Crippen LogP contribution in [-0.4, -0.2) is 17.1 Å². The molecule has 0 saturated heterocycles. The highest BCUT2D eigenvalue weighted by Gasteiger charge is 2.09. The molecule has 0 aliphatic carbocycles. The fraction of sp³-hybridized carbons (Fsp3) is 0.167. The average molecular weight is 324 g/mol. The maximum Gasteiger partial charge on any atom is 0.159 e. The van der Waals surface area contributed by atoms with Gasteiger partial charge in [-0.05, 0) is 22.0 Å². The number of methoxy groups -OCH3 is 1. The lowest BCUT2D eigenvalue weighted by molar-refractivity contribution is 0.185. The molecule has 0 aliphatic heterocycles. The van der Waals surface area contributed by atoms with Crippen molar-refractivity contribution in [3.63, 3.8) is 0 Å². The normalized spacial score (nSPS) is 10.3. The lowest BCUT2D eigenvalue weighted by Gasteiger charge is -2.13. The van der Waals surface area contributed by atoms with E-state index in [9.17, 15) is 0 Å². The number of nitrogen functional groups attached to an aromatic ring is 1. The molecule has 0 unspecified atom stereocenters. The molecule has 0 atom stereocenters. The molecule has 4 N–H and O–H groups in total. The van der Waals surface area contributed by atoms with Gasteiger partial charge in [0.05, 0.1) is 6.61 Å². The predicted molar refractivity (Wildman–Crippen MR) is 78.0 cm³/mol. The number of anilines is 3. The molecule has 2 rings (SSSR count). The van der Waals surface area contributed by atoms with E-state index in [0.717, 1.165) is 11.3 Å². The van der Waals surface area contributed by atoms with Crippen molar-refractivity contribution in [2.75, 3.05) is 17.9 Å². The molecule has 0 bridgehead atoms. The minimum atomic E-state index is 0.515. The number of hydrogen-bond acceptors (Lipinski definition) is 6. The monoisotopic (exact) mass is 323 g/mol. The van der Waals surface area contributed by atoms with E-state index in [0.29, 0.717) is 22.7 Å². The second kappa shape index (κ2) is 6.46. The molecule has 6 nitrogen and oxygen atoms in total. The first kappa shape index (κ1) is 13.7. The van der Waals surface area contributed by atoms with Gasteiger partial charge in [0.1, 0.15) is 16.6 Å². The number of rotatable bonds is 5. The Kier molecular flexibility index (Phi) is 4.67. The molecule has 0 saturated carbocycles. The third kappa shape index (κ3) is 3.19. The maximum absolute atomic E-state index is 5.37. The molecule has 100 valence electrons. The molecule has 1 heterocycles. The van der Waals surface area contributed by atoms with Gasteiger partial charge in [0, 0.05) is 18.4 Å². The molecular weight excluding hydrogens is 310 g/mol. The molecule has 0 fully saturated rings. The summed E-state index contributed by atoms with van der Waals surface area (Å²) in [5.41, 5.74) is 4.46. The van der Waals surface area contributed by atoms with Gasteiger partial charge in [-0.2, -0.15) is 0 Å². The Balaban J connectivity index is 2.31. The summed E-state index contributed by atoms with van der Waals surface area (Å²) in [4.78, 5) is 8.18. The van der Waals surface area contributed by atoms with Crippen LogP contribution in [0.5, 0.6) is 0 Å². The molecule has 1 aromatic carbocycles. The first-order valence-electron chi connectivity index (χ1n) is 5.57. The van der Waals surface area contributed by atoms with Crippen molar-refractivity contribution in [1.29, 1.82) is 0 Å². The van der Waals surface area contributed by atoms with Crippen molar-refractivity contribution in [3.8, 4) is 0 Å². The smallest absolute Gasteiger partial charge is 0.159 e. The molecule has 0 aliphatic rings. The van der Waals surface area contributed by atoms with Crippen LogP contribution in [0, 0.1) is 0 Å². The van der Waals surface area contributed by atoms with Crippen molar-refractivity contribution in [1.82, 2.24) is 9.97 Å². The zero-order valence-electron chi connectivity index (χ0n) is 10.4. The molecule has 0 amide bonds. The van der Waals surface area contributed by atoms with Crippen LogP contribution in [0.1, 0.15) is 5.56 Å². The van der Waals surface area contributed by atoms with E-state index in [1.807, 2.05) is 24.3 Å². The highest BCUT2D eigenvalue weighted by molar-refractivity contribution is 9.10. The Morgan fingerprint density at radius 3 is 2.74 bits per heavy atom. The fourth-order valence-corrected chi connectivity index (χ4v) is 2.03. The van der Waals surface area contributed by atoms with E-state index < -0.39 is 0 Å². The summed E-state index contributed by atoms with van der Waals surface area (Å²) in [6, 6.07) is 7.85. The van der Waals surface area contributed by atoms with E-state index in [4.69, 9.17) is 10.6 Å². The number of nitrogens with two attached hydrogens (primary N) is 1. The average Bonchev–Trinajstić information content (AvgIpc) is 2.43. The minimum absolute atomic E-state index is 0.515. The molecule has 19 heavy (non-hydrogen) atoms. The number of halogens is 1. The van der Waals surface area contributed by atoms with Crippen molar-refractivity contribution < 1.29 is 4.74 Å². The van der Waals surface area contributed by atoms with Crippen LogP contribution in [0.25, 0.3) is 0 Å². The van der Waals surface area contributed by atoms with Crippen LogP contribution in [0.3, 0.4) is 0 Å². The van der Waals surface area contributed by atoms with E-state index in [2.05, 4.69) is 36.6 Å². The molecule has 0 spiro atoms. The van der Waals surface area contributed by atoms with Gasteiger partial charge in [0.25, 0.3) is 0 Å². The number of ether oxygens (including phenoxy) is 1. The van der Waals surface area contributed by atoms with Crippen LogP contribution in [0.2, 0.25) is 0 Å². The van der Waals surface area contributed by atoms with Crippen molar-refractivity contribution in [3.05, 3.63) is 40.6 Å². The standard InChI is InChI=1S/C12H14BrN5O/c1-19-6-8-4-2-3-5-9(8)17-11-10(13)12(18-14)16-7-15-11/h2-5,7H,6,14H2,1H3,(H2,15,16,17,18). The first-order valence-corrected chi connectivity index (χ1v) is 6.36. The molecule has 2 aromatic rings. The Morgan fingerprint density at radius 2 is 2.00 bits per heavy atom. The number of nitrogens with one attached hydrogen (secondary N) is 2. The Hall–Kier alpha value is -1.70. The van der Waals surface area contributed by atoms with Gasteiger partial charge < -0.3 is 15.5 Å². The van der Waals surface area contributed by atoms with Crippen LogP contribution in [-0.2, 0) is 11.3 Å². The van der Waals surface area contributed by atoms with Crippen LogP contribution >= 0.6 is 15.9 Å². The minimum Gasteiger partial charge on any atom is -0.380 e. The van der Waals surface area contributed by atoms with Crippen LogP contribution in [0.4, 0.5) is 17.3 Å². The van der Waals surface area contributed by atoms with E-state index in [1.165, 1.54) is 6.33 Å². The summed E-state index contributed by atoms with van der Waals surface area (Å²) in [6.07, 6.45) is 1.43. The second-order valence-corrected chi connectivity index (χ2v) is 4.54. The molecule has 0 radical (unpaired) electrons. The van der Waals surface area contributed by atoms with Crippen LogP contribution in [0.15, 0.2) is 35.1 Å². The summed E-state index contributed by atoms with van der Waals surface area (Å²) in [5.74, 6) is 6.52. The Labute approximate surface area is 119 Å². The number of hydrogen-bond donors (Lipinski definition) is 3. The van der Waals surface area contributed by atoms with Gasteiger partial charge in [-0.1, -0.05) is 18.2 Å². The number of nitrogens with zero attached hydrogens (tertiary/aromatic N) is 2. The fourth-order valence-electron chi connectivity index (χ4n) is 1.61. The van der Waals surface area contributed by atoms with Crippen molar-refractivity contribution in [2.45, 2.75) is 6.61 Å². The zero-order chi connectivity index (χ0) is 13.7. The van der Waals surface area contributed by atoms with Gasteiger partial charge in [-0.3, -0.25) is 0 Å². The summed E-state index contributed by atoms with van der Waals surface area (Å²) in [6.45, 7) is 0.522. The first-order chi connectivity index (χ1) is 9.26. The van der Waals surface area contributed by atoms with Gasteiger partial charge >= 0.3 is 0 Å². The largest absolute Gasteiger partial charge is 0.380 e. The summed E-state index contributed by atoms with van der Waals surface area (Å²) in [5, 5.41) is 3.23. The van der Waals surface area contributed by atoms with E-state index >= 15 is 0 Å². The topological polar surface area (TPSA) is 85.1 Å². The lowest BCUT2D eigenvalue weighted by atomic mass is 10.2. The van der Waals surface area contributed by atoms with E-state index in [1.54, 1.807) is 7.11 Å². The van der Waals surface area contributed by atoms with Crippen molar-refractivity contribution >= 4 is 33.3 Å². The SMILES string of the molecule is COCc1ccccc1Nc1ncnc(NN)c1Br. The number of benzene rings is 1. The highest BCUT2D eigenvalue weighted by Crippen LogP contribution is 2.29. The number of aromatic nitrogens is 2. The number of para-hydroxylation sites is 1. The van der Waals surface area contributed by atoms with Gasteiger partial charge in [0.15, 0.2) is 5.82 Å². The third-order valence-corrected chi connectivity index (χ3v) is 3.25. The summed E-state index contributed by atoms with van der Waals surface area (Å²) >= 11 is 3.40. The third-order valence-electron chi connectivity index (χ3n) is 2.50. The molecule has 1 aromatic heterocycles. The highest BCUT2D eigenvalue weighted by atomic mass is 79.9. The van der Waals surface area contributed by atoms with Gasteiger partial charge in [-0.25, -0.2) is 15.8 Å². The van der Waals surface area contributed by atoms with Gasteiger partial charge in [-0.15, -0.1) is 0 Å². The zero-order valence-corrected chi connectivity index (χ0v) is 11.9. The Bertz CT molecular complexity index is 564. The number of hydrazine groups is 1. The maximum atomic E-state index is 5.37. The molecular formula is C12H14BrN5O. The van der Waals surface area contributed by atoms with Crippen molar-refractivity contribution in [2.24, 2.45) is 5.84 Å². The second-order valence-electron chi connectivity index (χ2n) is 3.74. The van der Waals surface area contributed by atoms with E-state index in [-0.39, 0.29) is 0 Å². The van der Waals surface area contributed by atoms with Crippen LogP contribution < -0.4 is 16.6 Å². The lowest BCUT2D eigenvalue weighted by Crippen LogP contribution is -2.10. The Morgan fingerprint density at radius 1 is 1.26 bits per heavy atom. The summed E-state index contributed by atoms with van der Waals surface area (Å²) in [7, 11) is 1.66.